The molecule has 5 heteroatoms. The van der Waals surface area contributed by atoms with Crippen molar-refractivity contribution in [1.29, 1.82) is 0 Å². The number of hydrogen-bond acceptors (Lipinski definition) is 4. The zero-order valence-corrected chi connectivity index (χ0v) is 26.1. The van der Waals surface area contributed by atoms with E-state index in [2.05, 4.69) is 137 Å². The molecule has 0 saturated heterocycles. The van der Waals surface area contributed by atoms with Gasteiger partial charge < -0.3 is 8.98 Å². The first kappa shape index (κ1) is 25.4. The van der Waals surface area contributed by atoms with Crippen molar-refractivity contribution in [3.63, 3.8) is 0 Å². The average molecular weight is 625 g/mol. The van der Waals surface area contributed by atoms with E-state index < -0.39 is 0 Å². The van der Waals surface area contributed by atoms with Crippen molar-refractivity contribution in [3.8, 4) is 39.2 Å². The minimum atomic E-state index is 0.622. The van der Waals surface area contributed by atoms with Gasteiger partial charge in [0.25, 0.3) is 0 Å². The molecule has 7 aromatic carbocycles. The van der Waals surface area contributed by atoms with Gasteiger partial charge in [0.05, 0.1) is 39.3 Å². The lowest BCUT2D eigenvalue weighted by Crippen LogP contribution is -2.21. The second-order valence-electron chi connectivity index (χ2n) is 12.9. The summed E-state index contributed by atoms with van der Waals surface area (Å²) in [6.45, 7) is 0. The van der Waals surface area contributed by atoms with Crippen LogP contribution >= 0.6 is 0 Å². The molecule has 0 bridgehead atoms. The molecule has 5 heterocycles. The fourth-order valence-electron chi connectivity index (χ4n) is 8.48. The minimum absolute atomic E-state index is 0.622. The Kier molecular flexibility index (Phi) is 4.66. The number of anilines is 3. The summed E-state index contributed by atoms with van der Waals surface area (Å²) < 4.78 is 9.04. The van der Waals surface area contributed by atoms with Gasteiger partial charge >= 0.3 is 0 Å². The summed E-state index contributed by atoms with van der Waals surface area (Å²) in [5.41, 5.74) is 14.9. The van der Waals surface area contributed by atoms with Gasteiger partial charge in [-0.15, -0.1) is 0 Å². The third-order valence-electron chi connectivity index (χ3n) is 10.5. The van der Waals surface area contributed by atoms with Crippen LogP contribution in [0.1, 0.15) is 0 Å². The lowest BCUT2D eigenvalue weighted by Gasteiger charge is -2.32. The van der Waals surface area contributed by atoms with Crippen molar-refractivity contribution in [2.45, 2.75) is 0 Å². The number of furan rings is 1. The number of para-hydroxylation sites is 6. The smallest absolute Gasteiger partial charge is 0.235 e. The molecule has 226 valence electrons. The maximum atomic E-state index is 6.55. The summed E-state index contributed by atoms with van der Waals surface area (Å²) in [4.78, 5) is 13.1. The zero-order valence-electron chi connectivity index (χ0n) is 26.1. The summed E-state index contributed by atoms with van der Waals surface area (Å²) in [6.07, 6.45) is 0. The predicted molar refractivity (Wildman–Crippen MR) is 199 cm³/mol. The highest BCUT2D eigenvalue weighted by atomic mass is 16.3. The maximum absolute atomic E-state index is 6.55. The van der Waals surface area contributed by atoms with E-state index in [4.69, 9.17) is 14.4 Å². The highest BCUT2D eigenvalue weighted by Crippen LogP contribution is 2.55. The number of benzene rings is 7. The Balaban J connectivity index is 1.22. The number of fused-ring (bicyclic) bond motifs is 8. The van der Waals surface area contributed by atoms with Gasteiger partial charge in [0.1, 0.15) is 11.2 Å². The molecule has 2 aliphatic heterocycles. The fourth-order valence-corrected chi connectivity index (χ4v) is 8.48. The van der Waals surface area contributed by atoms with Crippen molar-refractivity contribution in [1.82, 2.24) is 14.5 Å². The van der Waals surface area contributed by atoms with E-state index in [0.717, 1.165) is 66.7 Å². The molecule has 2 aliphatic rings. The number of rotatable bonds is 2. The SMILES string of the molecule is c1ccc2c(c1)-c1cccc3c1-n1c4c-2cccc4c2cccc(c21)N3c1nc(-c2cccc3c2oc2ccccc23)c2ccccc2n1. The van der Waals surface area contributed by atoms with Crippen molar-refractivity contribution in [2.75, 3.05) is 4.90 Å². The number of nitrogens with zero attached hydrogens (tertiary/aromatic N) is 4. The van der Waals surface area contributed by atoms with Gasteiger partial charge in [0.2, 0.25) is 5.95 Å². The average Bonchev–Trinajstić information content (AvgIpc) is 3.67. The van der Waals surface area contributed by atoms with Crippen molar-refractivity contribution in [3.05, 3.63) is 146 Å². The molecule has 0 spiro atoms. The van der Waals surface area contributed by atoms with Gasteiger partial charge in [-0.05, 0) is 41.5 Å². The van der Waals surface area contributed by atoms with E-state index in [9.17, 15) is 0 Å². The van der Waals surface area contributed by atoms with E-state index in [1.54, 1.807) is 0 Å². The summed E-state index contributed by atoms with van der Waals surface area (Å²) in [5, 5.41) is 5.61. The van der Waals surface area contributed by atoms with Crippen molar-refractivity contribution < 1.29 is 4.42 Å². The molecule has 0 amide bonds. The molecule has 49 heavy (non-hydrogen) atoms. The molecule has 0 unspecified atom stereocenters. The molecule has 12 rings (SSSR count). The van der Waals surface area contributed by atoms with E-state index in [-0.39, 0.29) is 0 Å². The molecular weight excluding hydrogens is 601 g/mol. The second kappa shape index (κ2) is 9.00. The summed E-state index contributed by atoms with van der Waals surface area (Å²) >= 11 is 0. The topological polar surface area (TPSA) is 47.1 Å². The van der Waals surface area contributed by atoms with Crippen molar-refractivity contribution in [2.24, 2.45) is 0 Å². The third-order valence-corrected chi connectivity index (χ3v) is 10.5. The zero-order chi connectivity index (χ0) is 31.8. The maximum Gasteiger partial charge on any atom is 0.235 e. The molecule has 3 aromatic heterocycles. The van der Waals surface area contributed by atoms with Crippen LogP contribution in [0.15, 0.2) is 150 Å². The molecule has 0 saturated carbocycles. The first-order valence-corrected chi connectivity index (χ1v) is 16.6. The molecule has 0 radical (unpaired) electrons. The Bertz CT molecular complexity index is 3080. The molecule has 0 N–H and O–H groups in total. The van der Waals surface area contributed by atoms with E-state index >= 15 is 0 Å². The molecule has 10 aromatic rings. The Morgan fingerprint density at radius 2 is 1.04 bits per heavy atom. The van der Waals surface area contributed by atoms with Crippen LogP contribution < -0.4 is 4.90 Å². The van der Waals surface area contributed by atoms with Gasteiger partial charge in [0, 0.05) is 43.6 Å². The normalized spacial score (nSPS) is 12.9. The van der Waals surface area contributed by atoms with Gasteiger partial charge in [0.15, 0.2) is 0 Å². The fraction of sp³-hybridized carbons (Fsp3) is 0. The van der Waals surface area contributed by atoms with Crippen LogP contribution in [-0.2, 0) is 0 Å². The van der Waals surface area contributed by atoms with Crippen LogP contribution in [0.2, 0.25) is 0 Å². The summed E-state index contributed by atoms with van der Waals surface area (Å²) in [7, 11) is 0. The monoisotopic (exact) mass is 624 g/mol. The molecule has 0 atom stereocenters. The first-order valence-electron chi connectivity index (χ1n) is 16.6. The highest BCUT2D eigenvalue weighted by molar-refractivity contribution is 6.22. The van der Waals surface area contributed by atoms with Crippen molar-refractivity contribution >= 4 is 72.0 Å². The second-order valence-corrected chi connectivity index (χ2v) is 12.9. The lowest BCUT2D eigenvalue weighted by molar-refractivity contribution is 0.670. The number of aromatic nitrogens is 3. The van der Waals surface area contributed by atoms with Crippen LogP contribution in [0, 0.1) is 0 Å². The summed E-state index contributed by atoms with van der Waals surface area (Å²) in [6, 6.07) is 51.6. The van der Waals surface area contributed by atoms with Gasteiger partial charge in [-0.3, -0.25) is 4.90 Å². The Morgan fingerprint density at radius 1 is 0.429 bits per heavy atom. The predicted octanol–water partition coefficient (Wildman–Crippen LogP) is 11.7. The highest BCUT2D eigenvalue weighted by Gasteiger charge is 2.35. The Labute approximate surface area is 279 Å². The van der Waals surface area contributed by atoms with E-state index in [0.29, 0.717) is 5.95 Å². The van der Waals surface area contributed by atoms with Gasteiger partial charge in [-0.2, -0.15) is 0 Å². The largest absolute Gasteiger partial charge is 0.455 e. The van der Waals surface area contributed by atoms with Crippen LogP contribution in [-0.4, -0.2) is 14.5 Å². The van der Waals surface area contributed by atoms with Crippen LogP contribution in [0.25, 0.3) is 93.8 Å². The van der Waals surface area contributed by atoms with Crippen LogP contribution in [0.3, 0.4) is 0 Å². The third kappa shape index (κ3) is 3.15. The standard InChI is InChI=1S/C44H24N4O/c1-2-12-26-25(11-1)28-15-7-16-30-31-18-10-23-37-42(31)48(40(28)30)41-29(26)17-9-22-36(41)47(37)44-45-35-21-5-3-14-33(35)39(46-44)34-20-8-19-32-27-13-4-6-24-38(27)49-43(32)34/h1-24H. The lowest BCUT2D eigenvalue weighted by atomic mass is 9.92. The van der Waals surface area contributed by atoms with Gasteiger partial charge in [-0.25, -0.2) is 9.97 Å². The van der Waals surface area contributed by atoms with E-state index in [1.807, 2.05) is 18.2 Å². The summed E-state index contributed by atoms with van der Waals surface area (Å²) in [5.74, 6) is 0.622. The molecule has 0 aliphatic carbocycles. The molecular formula is C44H24N4O. The Hall–Kier alpha value is -6.72. The van der Waals surface area contributed by atoms with Crippen LogP contribution in [0.4, 0.5) is 17.3 Å². The Morgan fingerprint density at radius 3 is 1.94 bits per heavy atom. The van der Waals surface area contributed by atoms with Gasteiger partial charge in [-0.1, -0.05) is 115 Å². The number of hydrogen-bond donors (Lipinski definition) is 0. The quantitative estimate of drug-likeness (QED) is 0.192. The molecule has 5 nitrogen and oxygen atoms in total. The van der Waals surface area contributed by atoms with E-state index in [1.165, 1.54) is 38.5 Å². The van der Waals surface area contributed by atoms with Crippen LogP contribution in [0.5, 0.6) is 0 Å². The first-order chi connectivity index (χ1) is 24.3. The minimum Gasteiger partial charge on any atom is -0.455 e. The molecule has 0 fully saturated rings.